The van der Waals surface area contributed by atoms with E-state index in [1.165, 1.54) is 0 Å². The van der Waals surface area contributed by atoms with Crippen molar-refractivity contribution in [1.29, 1.82) is 0 Å². The third kappa shape index (κ3) is 4.81. The van der Waals surface area contributed by atoms with Gasteiger partial charge < -0.3 is 0 Å². The number of carbonyl (C=O) groups excluding carboxylic acids is 2. The van der Waals surface area contributed by atoms with Crippen LogP contribution in [0.15, 0.2) is 29.8 Å². The van der Waals surface area contributed by atoms with Gasteiger partial charge in [0.2, 0.25) is 0 Å². The van der Waals surface area contributed by atoms with Gasteiger partial charge in [-0.05, 0) is 55.7 Å². The number of hydrogen-bond donors (Lipinski definition) is 0. The van der Waals surface area contributed by atoms with Gasteiger partial charge in [-0.15, -0.1) is 11.6 Å². The van der Waals surface area contributed by atoms with Crippen LogP contribution in [-0.2, 0) is 15.8 Å². The molecule has 0 heterocycles. The van der Waals surface area contributed by atoms with Crippen LogP contribution in [0.2, 0.25) is 0 Å². The molecule has 2 saturated carbocycles. The summed E-state index contributed by atoms with van der Waals surface area (Å²) >= 11 is 6.18. The molecular weight excluding hydrogens is 377 g/mol. The Morgan fingerprint density at radius 3 is 2.33 bits per heavy atom. The number of allylic oxidation sites excluding steroid dienone is 2. The number of aryl methyl sites for hydroxylation is 1. The molecule has 3 rings (SSSR count). The summed E-state index contributed by atoms with van der Waals surface area (Å²) in [7, 11) is 0. The Kier molecular flexibility index (Phi) is 5.80. The Hall–Kier alpha value is -1.62. The highest BCUT2D eigenvalue weighted by molar-refractivity contribution is 6.22. The van der Waals surface area contributed by atoms with Crippen molar-refractivity contribution in [1.82, 2.24) is 0 Å². The minimum absolute atomic E-state index is 0.0648. The summed E-state index contributed by atoms with van der Waals surface area (Å²) in [4.78, 5) is 25.1. The maximum absolute atomic E-state index is 13.1. The van der Waals surface area contributed by atoms with Gasteiger partial charge in [-0.25, -0.2) is 0 Å². The number of carbonyl (C=O) groups is 2. The zero-order valence-corrected chi connectivity index (χ0v) is 15.9. The van der Waals surface area contributed by atoms with Crippen LogP contribution in [0.5, 0.6) is 0 Å². The van der Waals surface area contributed by atoms with Crippen LogP contribution in [-0.4, -0.2) is 16.9 Å². The van der Waals surface area contributed by atoms with Gasteiger partial charge >= 0.3 is 6.18 Å². The van der Waals surface area contributed by atoms with Crippen LogP contribution >= 0.6 is 11.6 Å². The highest BCUT2D eigenvalue weighted by Gasteiger charge is 2.35. The molecule has 0 aromatic heterocycles. The predicted molar refractivity (Wildman–Crippen MR) is 97.9 cm³/mol. The minimum atomic E-state index is -4.45. The molecular formula is C21H22ClF3O2. The number of alkyl halides is 4. The van der Waals surface area contributed by atoms with E-state index in [-0.39, 0.29) is 41.3 Å². The molecule has 146 valence electrons. The first-order chi connectivity index (χ1) is 12.6. The fourth-order valence-electron chi connectivity index (χ4n) is 4.08. The number of rotatable bonds is 2. The van der Waals surface area contributed by atoms with Gasteiger partial charge in [0.1, 0.15) is 0 Å². The van der Waals surface area contributed by atoms with Crippen molar-refractivity contribution in [3.8, 4) is 0 Å². The van der Waals surface area contributed by atoms with Crippen molar-refractivity contribution in [2.75, 3.05) is 0 Å². The summed E-state index contributed by atoms with van der Waals surface area (Å²) in [5.74, 6) is -0.933. The highest BCUT2D eigenvalue weighted by atomic mass is 35.5. The largest absolute Gasteiger partial charge is 0.416 e. The fraction of sp³-hybridized carbons (Fsp3) is 0.524. The van der Waals surface area contributed by atoms with Crippen molar-refractivity contribution < 1.29 is 22.8 Å². The lowest BCUT2D eigenvalue weighted by Gasteiger charge is -2.26. The van der Waals surface area contributed by atoms with Gasteiger partial charge in [0.25, 0.3) is 0 Å². The van der Waals surface area contributed by atoms with Crippen LogP contribution < -0.4 is 0 Å². The van der Waals surface area contributed by atoms with Crippen LogP contribution in [0.3, 0.4) is 0 Å². The second-order valence-electron chi connectivity index (χ2n) is 7.69. The second kappa shape index (κ2) is 7.78. The Morgan fingerprint density at radius 2 is 1.74 bits per heavy atom. The molecule has 0 saturated heterocycles. The number of ketones is 2. The van der Waals surface area contributed by atoms with E-state index in [4.69, 9.17) is 11.6 Å². The van der Waals surface area contributed by atoms with E-state index in [1.807, 2.05) is 0 Å². The Morgan fingerprint density at radius 1 is 1.07 bits per heavy atom. The molecule has 1 aromatic rings. The molecule has 0 bridgehead atoms. The summed E-state index contributed by atoms with van der Waals surface area (Å²) < 4.78 is 39.2. The van der Waals surface area contributed by atoms with Gasteiger partial charge in [-0.3, -0.25) is 9.59 Å². The molecule has 2 unspecified atom stereocenters. The lowest BCUT2D eigenvalue weighted by molar-refractivity contribution is -0.137. The van der Waals surface area contributed by atoms with E-state index in [2.05, 4.69) is 0 Å². The Balaban J connectivity index is 1.80. The SMILES string of the molecule is Cc1cc(C2CC(=O)C(=CC3CCCC(Cl)C3)C(=O)C2)cc(C(F)(F)F)c1. The van der Waals surface area contributed by atoms with E-state index in [0.717, 1.165) is 37.8 Å². The van der Waals surface area contributed by atoms with Crippen LogP contribution in [0.1, 0.15) is 61.1 Å². The monoisotopic (exact) mass is 398 g/mol. The summed E-state index contributed by atoms with van der Waals surface area (Å²) in [6, 6.07) is 3.77. The third-order valence-corrected chi connectivity index (χ3v) is 5.81. The van der Waals surface area contributed by atoms with Crippen molar-refractivity contribution in [3.05, 3.63) is 46.5 Å². The van der Waals surface area contributed by atoms with Crippen molar-refractivity contribution in [3.63, 3.8) is 0 Å². The average Bonchev–Trinajstić information content (AvgIpc) is 2.56. The Labute approximate surface area is 161 Å². The van der Waals surface area contributed by atoms with E-state index >= 15 is 0 Å². The van der Waals surface area contributed by atoms with E-state index in [1.54, 1.807) is 19.1 Å². The maximum Gasteiger partial charge on any atom is 0.416 e. The van der Waals surface area contributed by atoms with Crippen molar-refractivity contribution in [2.24, 2.45) is 5.92 Å². The van der Waals surface area contributed by atoms with Crippen LogP contribution in [0, 0.1) is 12.8 Å². The average molecular weight is 399 g/mol. The predicted octanol–water partition coefficient (Wildman–Crippen LogP) is 5.75. The lowest BCUT2D eigenvalue weighted by atomic mass is 9.77. The van der Waals surface area contributed by atoms with Crippen molar-refractivity contribution >= 4 is 23.2 Å². The molecule has 0 amide bonds. The molecule has 2 aliphatic rings. The Bertz CT molecular complexity index is 762. The molecule has 2 atom stereocenters. The first-order valence-electron chi connectivity index (χ1n) is 9.24. The molecule has 6 heteroatoms. The van der Waals surface area contributed by atoms with Gasteiger partial charge in [0.15, 0.2) is 11.6 Å². The van der Waals surface area contributed by atoms with E-state index < -0.39 is 17.7 Å². The fourth-order valence-corrected chi connectivity index (χ4v) is 4.46. The number of Topliss-reactive ketones (excluding diaryl/α,β-unsaturated/α-hetero) is 2. The standard InChI is InChI=1S/C21H22ClF3O2/c1-12-5-14(9-16(6-12)21(23,24)25)15-10-19(26)18(20(27)11-15)8-13-3-2-4-17(22)7-13/h5-6,8-9,13,15,17H,2-4,7,10-11H2,1H3. The molecule has 0 radical (unpaired) electrons. The van der Waals surface area contributed by atoms with E-state index in [9.17, 15) is 22.8 Å². The maximum atomic E-state index is 13.1. The second-order valence-corrected chi connectivity index (χ2v) is 8.30. The van der Waals surface area contributed by atoms with Crippen molar-refractivity contribution in [2.45, 2.75) is 62.9 Å². The molecule has 2 fully saturated rings. The summed E-state index contributed by atoms with van der Waals surface area (Å²) in [6.45, 7) is 1.59. The summed E-state index contributed by atoms with van der Waals surface area (Å²) in [5, 5.41) is 0.0650. The number of hydrogen-bond acceptors (Lipinski definition) is 2. The van der Waals surface area contributed by atoms with Gasteiger partial charge in [-0.2, -0.15) is 13.2 Å². The number of halogens is 4. The molecule has 1 aromatic carbocycles. The van der Waals surface area contributed by atoms with Gasteiger partial charge in [0.05, 0.1) is 11.1 Å². The van der Waals surface area contributed by atoms with Crippen LogP contribution in [0.25, 0.3) is 0 Å². The summed E-state index contributed by atoms with van der Waals surface area (Å²) in [5.41, 5.74) is 0.345. The normalized spacial score (nSPS) is 27.0. The zero-order valence-electron chi connectivity index (χ0n) is 15.1. The number of benzene rings is 1. The van der Waals surface area contributed by atoms with E-state index in [0.29, 0.717) is 11.1 Å². The first-order valence-corrected chi connectivity index (χ1v) is 9.68. The van der Waals surface area contributed by atoms with Crippen LogP contribution in [0.4, 0.5) is 13.2 Å². The molecule has 0 aliphatic heterocycles. The molecule has 2 nitrogen and oxygen atoms in total. The minimum Gasteiger partial charge on any atom is -0.294 e. The molecule has 27 heavy (non-hydrogen) atoms. The molecule has 2 aliphatic carbocycles. The topological polar surface area (TPSA) is 34.1 Å². The summed E-state index contributed by atoms with van der Waals surface area (Å²) in [6.07, 6.45) is 1.01. The quantitative estimate of drug-likeness (QED) is 0.361. The zero-order chi connectivity index (χ0) is 19.8. The third-order valence-electron chi connectivity index (χ3n) is 5.42. The molecule has 0 N–H and O–H groups in total. The smallest absolute Gasteiger partial charge is 0.294 e. The molecule has 0 spiro atoms. The highest BCUT2D eigenvalue weighted by Crippen LogP contribution is 2.37. The van der Waals surface area contributed by atoms with Gasteiger partial charge in [0, 0.05) is 18.2 Å². The first kappa shape index (κ1) is 20.1. The lowest BCUT2D eigenvalue weighted by Crippen LogP contribution is -2.26. The van der Waals surface area contributed by atoms with Gasteiger partial charge in [-0.1, -0.05) is 24.1 Å².